The van der Waals surface area contributed by atoms with E-state index in [9.17, 15) is 24.6 Å². The van der Waals surface area contributed by atoms with E-state index in [4.69, 9.17) is 118 Å². The van der Waals surface area contributed by atoms with Crippen LogP contribution in [0.2, 0.25) is 30.1 Å². The molecule has 0 radical (unpaired) electrons. The molecule has 0 amide bonds. The number of carboxylic acids is 1. The molecular formula is C75H97BrCl6K2N6O16. The maximum Gasteiger partial charge on any atom is 1.00 e. The van der Waals surface area contributed by atoms with Crippen LogP contribution < -0.4 is 118 Å². The fraction of sp³-hybridized carbons (Fsp3) is 0.347. The summed E-state index contributed by atoms with van der Waals surface area (Å²) in [5.74, 6) is -0.828. The number of nitrogens with zero attached hydrogens (tertiary/aromatic N) is 6. The van der Waals surface area contributed by atoms with Gasteiger partial charge >= 0.3 is 121 Å². The molecule has 106 heavy (non-hydrogen) atoms. The molecule has 22 nitrogen and oxygen atoms in total. The van der Waals surface area contributed by atoms with E-state index in [-0.39, 0.29) is 186 Å². The zero-order valence-corrected chi connectivity index (χ0v) is 68.5. The van der Waals surface area contributed by atoms with Crippen molar-refractivity contribution in [2.75, 3.05) is 40.6 Å². The molecule has 31 heteroatoms. The Hall–Kier alpha value is -4.48. The molecule has 9 aromatic rings. The molecular weight excluding hydrogens is 1610 g/mol. The summed E-state index contributed by atoms with van der Waals surface area (Å²) in [7, 11) is 8.79. The van der Waals surface area contributed by atoms with Crippen molar-refractivity contribution in [3.8, 4) is 51.0 Å². The summed E-state index contributed by atoms with van der Waals surface area (Å²) < 4.78 is 46.9. The van der Waals surface area contributed by atoms with E-state index in [0.29, 0.717) is 93.1 Å². The Morgan fingerprint density at radius 3 is 1.17 bits per heavy atom. The van der Waals surface area contributed by atoms with Gasteiger partial charge in [0, 0.05) is 138 Å². The van der Waals surface area contributed by atoms with E-state index in [2.05, 4.69) is 36.1 Å². The van der Waals surface area contributed by atoms with Crippen LogP contribution in [0.25, 0.3) is 33.8 Å². The Balaban J connectivity index is -0.000000399. The van der Waals surface area contributed by atoms with Crippen LogP contribution in [0.1, 0.15) is 119 Å². The monoisotopic (exact) mass is 1700 g/mol. The molecule has 5 atom stereocenters. The summed E-state index contributed by atoms with van der Waals surface area (Å²) in [5, 5.41) is 43.9. The molecule has 5 heterocycles. The van der Waals surface area contributed by atoms with Crippen LogP contribution in [0, 0.1) is 0 Å². The van der Waals surface area contributed by atoms with Crippen LogP contribution in [0.5, 0.6) is 17.2 Å². The third-order valence-electron chi connectivity index (χ3n) is 13.4. The Labute approximate surface area is 749 Å². The standard InChI is InChI=1S/C20H18Cl2N2O3.C18H14Cl2N2O3.C10H10BrClO2.C10H9ClN2O.2C5H10O2.CH2O3.6CH4.2K.H/c1-3-26-20(25)19(13-4-6-14(21)7-5-13)27-18-9-8-15(22)12-16(18)17-10-11-24(2)23-17;1-22-9-8-15(21-22)14-10-13(20)6-7-16(14)25-17(18(23)24)11-2-4-12(19)5-3-11;1-2-14-10(13)9(11)7-3-5-8(12)6-4-7;1-13-5-4-9(12-13)8-6-7(11)2-3-10(8)14;2*1-6-5-3-2-4-7-5;2-1-4-3;;;;;;;;;/h4-12,19H,3H2,1-2H3;2-10,17H,1H3,(H,23,24);3-6,9H,2H2,1H3;2-6,14H,1H3;2*5H,2-4H2,1H3;1,3H;6*1H4;;;/q;;;;;;;;;;;;;2*+1;-1/p-1. The Bertz CT molecular complexity index is 3900. The first-order valence-electron chi connectivity index (χ1n) is 29.9. The van der Waals surface area contributed by atoms with Gasteiger partial charge in [0.1, 0.15) is 22.1 Å². The molecule has 2 fully saturated rings. The topological polar surface area (TPSA) is 268 Å². The van der Waals surface area contributed by atoms with Crippen LogP contribution in [-0.4, -0.2) is 117 Å². The summed E-state index contributed by atoms with van der Waals surface area (Å²) >= 11 is 38.9. The average Bonchev–Trinajstić information content (AvgIpc) is 1.57. The smallest absolute Gasteiger partial charge is 1.00 e. The number of aromatic nitrogens is 6. The molecule has 574 valence electrons. The molecule has 2 aliphatic heterocycles. The van der Waals surface area contributed by atoms with Crippen LogP contribution in [0.3, 0.4) is 0 Å². The maximum absolute atomic E-state index is 12.5. The number of rotatable bonds is 18. The van der Waals surface area contributed by atoms with Crippen molar-refractivity contribution < 1.29 is 182 Å². The largest absolute Gasteiger partial charge is 1.00 e. The second kappa shape index (κ2) is 58.4. The number of hydrogen-bond donors (Lipinski definition) is 2. The van der Waals surface area contributed by atoms with E-state index >= 15 is 0 Å². The molecule has 0 bridgehead atoms. The van der Waals surface area contributed by atoms with Crippen molar-refractivity contribution in [3.05, 3.63) is 211 Å². The molecule has 6 aromatic carbocycles. The first-order chi connectivity index (χ1) is 47.0. The Morgan fingerprint density at radius 2 is 0.858 bits per heavy atom. The number of halogens is 7. The molecule has 0 aliphatic carbocycles. The fourth-order valence-corrected chi connectivity index (χ4v) is 10.0. The van der Waals surface area contributed by atoms with Gasteiger partial charge in [-0.3, -0.25) is 23.6 Å². The van der Waals surface area contributed by atoms with Crippen molar-refractivity contribution >= 4 is 110 Å². The van der Waals surface area contributed by atoms with Gasteiger partial charge in [0.25, 0.3) is 6.47 Å². The molecule has 2 aliphatic rings. The van der Waals surface area contributed by atoms with Crippen molar-refractivity contribution in [1.82, 2.24) is 29.3 Å². The fourth-order valence-electron chi connectivity index (χ4n) is 8.71. The number of aryl methyl sites for hydroxylation is 3. The summed E-state index contributed by atoms with van der Waals surface area (Å²) in [6, 6.07) is 40.9. The zero-order chi connectivity index (χ0) is 71.7. The molecule has 0 spiro atoms. The van der Waals surface area contributed by atoms with E-state index in [0.717, 1.165) is 44.5 Å². The van der Waals surface area contributed by atoms with Crippen molar-refractivity contribution in [1.29, 1.82) is 0 Å². The number of carboxylic acid groups (broad SMARTS) is 1. The summed E-state index contributed by atoms with van der Waals surface area (Å²) in [6.45, 7) is 5.73. The summed E-state index contributed by atoms with van der Waals surface area (Å²) in [5.41, 5.74) is 5.96. The second-order valence-electron chi connectivity index (χ2n) is 20.5. The number of benzene rings is 6. The molecule has 2 N–H and O–H groups in total. The predicted octanol–water partition coefficient (Wildman–Crippen LogP) is 13.4. The van der Waals surface area contributed by atoms with Gasteiger partial charge in [-0.05, 0) is 141 Å². The van der Waals surface area contributed by atoms with Crippen molar-refractivity contribution in [2.45, 2.75) is 114 Å². The van der Waals surface area contributed by atoms with E-state index < -0.39 is 29.0 Å². The number of carbonyl (C=O) groups excluding carboxylic acids is 3. The van der Waals surface area contributed by atoms with Gasteiger partial charge < -0.3 is 59.7 Å². The number of phenols is 1. The first kappa shape index (κ1) is 108. The van der Waals surface area contributed by atoms with E-state index in [1.165, 1.54) is 0 Å². The number of aliphatic carboxylic acids is 1. The zero-order valence-electron chi connectivity index (χ0n) is 57.1. The van der Waals surface area contributed by atoms with Crippen LogP contribution in [0.4, 0.5) is 0 Å². The molecule has 5 unspecified atom stereocenters. The number of phenolic OH excluding ortho intramolecular Hbond substituents is 1. The summed E-state index contributed by atoms with van der Waals surface area (Å²) in [4.78, 5) is 46.4. The minimum absolute atomic E-state index is 0. The predicted molar refractivity (Wildman–Crippen MR) is 417 cm³/mol. The average molecular weight is 1710 g/mol. The van der Waals surface area contributed by atoms with Gasteiger partial charge in [-0.15, -0.1) is 0 Å². The van der Waals surface area contributed by atoms with Crippen molar-refractivity contribution in [2.24, 2.45) is 21.1 Å². The minimum Gasteiger partial charge on any atom is -1.00 e. The quantitative estimate of drug-likeness (QED) is 0.0202. The van der Waals surface area contributed by atoms with E-state index in [1.807, 2.05) is 38.6 Å². The van der Waals surface area contributed by atoms with Gasteiger partial charge in [0.05, 0.1) is 30.3 Å². The molecule has 3 aromatic heterocycles. The molecule has 0 saturated carbocycles. The second-order valence-corrected chi connectivity index (χ2v) is 24.0. The SMILES string of the molecule is C.C.C.C.C.C.CCOC(=O)C(Br)c1ccc(Cl)cc1.CCOC(=O)C(Oc1ccc(Cl)cc1-c1ccn(C)n1)c1ccc(Cl)cc1.COC1CCCO1.COC1CCCO1.Cn1ccc(-c2cc(Cl)ccc2O)n1.Cn1ccc(-c2cc(Cl)ccc2OC(C(=O)O)c2ccc(Cl)cc2)n1.O=CO[O-].[H-].[K+].[K+]. The summed E-state index contributed by atoms with van der Waals surface area (Å²) in [6.07, 6.45) is 7.93. The number of hydrogen-bond acceptors (Lipinski definition) is 18. The van der Waals surface area contributed by atoms with Crippen molar-refractivity contribution in [3.63, 3.8) is 0 Å². The van der Waals surface area contributed by atoms with Crippen LogP contribution >= 0.6 is 85.5 Å². The number of aromatic hydroxyl groups is 1. The third-order valence-corrected chi connectivity index (χ3v) is 15.7. The number of methoxy groups -OCH3 is 2. The van der Waals surface area contributed by atoms with Gasteiger partial charge in [-0.1, -0.05) is 166 Å². The molecule has 11 rings (SSSR count). The Morgan fingerprint density at radius 1 is 0.538 bits per heavy atom. The maximum atomic E-state index is 12.5. The number of carbonyl (C=O) groups is 4. The van der Waals surface area contributed by atoms with Gasteiger partial charge in [0.15, 0.2) is 12.6 Å². The van der Waals surface area contributed by atoms with Crippen LogP contribution in [-0.2, 0) is 73.6 Å². The van der Waals surface area contributed by atoms with Gasteiger partial charge in [-0.2, -0.15) is 15.3 Å². The molecule has 2 saturated heterocycles. The van der Waals surface area contributed by atoms with Crippen LogP contribution in [0.15, 0.2) is 164 Å². The Kier molecular flexibility index (Phi) is 59.5. The van der Waals surface area contributed by atoms with E-state index in [1.54, 1.807) is 189 Å². The normalized spacial score (nSPS) is 13.2. The number of ether oxygens (including phenoxy) is 8. The van der Waals surface area contributed by atoms with Gasteiger partial charge in [-0.25, -0.2) is 9.59 Å². The minimum atomic E-state index is -1.18. The number of alkyl halides is 1. The number of esters is 2. The van der Waals surface area contributed by atoms with Gasteiger partial charge in [0.2, 0.25) is 12.2 Å². The first-order valence-corrected chi connectivity index (χ1v) is 33.1. The third kappa shape index (κ3) is 37.5.